The molecule has 2 aliphatic heterocycles. The molecule has 3 heterocycles. The molecule has 1 aromatic heterocycles. The summed E-state index contributed by atoms with van der Waals surface area (Å²) in [5, 5.41) is 0. The van der Waals surface area contributed by atoms with Gasteiger partial charge in [-0.15, -0.1) is 0 Å². The Morgan fingerprint density at radius 2 is 2.12 bits per heavy atom. The van der Waals surface area contributed by atoms with Gasteiger partial charge in [-0.3, -0.25) is 14.7 Å². The standard InChI is InChI=1S/C20H23N3O3/c21-20(24)18-12-23(10-14-1-2-19-15(9-14)5-8-25-19)11-16(18)13-26-17-3-6-22-7-4-17/h1-4,6-7,9,16,18H,5,8,10-13H2,(H2,21,24). The Morgan fingerprint density at radius 1 is 1.27 bits per heavy atom. The molecule has 0 spiro atoms. The van der Waals surface area contributed by atoms with E-state index in [0.29, 0.717) is 13.2 Å². The summed E-state index contributed by atoms with van der Waals surface area (Å²) in [4.78, 5) is 18.2. The summed E-state index contributed by atoms with van der Waals surface area (Å²) in [5.41, 5.74) is 8.15. The molecule has 2 N–H and O–H groups in total. The van der Waals surface area contributed by atoms with Gasteiger partial charge in [0.2, 0.25) is 5.91 Å². The third-order valence-electron chi connectivity index (χ3n) is 5.16. The van der Waals surface area contributed by atoms with Gasteiger partial charge in [0.25, 0.3) is 0 Å². The van der Waals surface area contributed by atoms with E-state index >= 15 is 0 Å². The molecule has 2 aromatic rings. The van der Waals surface area contributed by atoms with Crippen LogP contribution < -0.4 is 15.2 Å². The van der Waals surface area contributed by atoms with E-state index in [1.165, 1.54) is 11.1 Å². The zero-order valence-electron chi connectivity index (χ0n) is 14.6. The van der Waals surface area contributed by atoms with Crippen LogP contribution in [0.4, 0.5) is 0 Å². The number of amides is 1. The van der Waals surface area contributed by atoms with Crippen molar-refractivity contribution in [1.82, 2.24) is 9.88 Å². The van der Waals surface area contributed by atoms with Crippen LogP contribution in [-0.2, 0) is 17.8 Å². The van der Waals surface area contributed by atoms with E-state index in [9.17, 15) is 4.79 Å². The van der Waals surface area contributed by atoms with E-state index in [1.807, 2.05) is 18.2 Å². The summed E-state index contributed by atoms with van der Waals surface area (Å²) in [7, 11) is 0. The lowest BCUT2D eigenvalue weighted by Gasteiger charge is -2.17. The summed E-state index contributed by atoms with van der Waals surface area (Å²) in [6.07, 6.45) is 4.36. The number of benzene rings is 1. The molecule has 2 aliphatic rings. The van der Waals surface area contributed by atoms with E-state index in [0.717, 1.165) is 37.6 Å². The van der Waals surface area contributed by atoms with Crippen LogP contribution in [0.5, 0.6) is 11.5 Å². The Bertz CT molecular complexity index is 781. The first-order valence-corrected chi connectivity index (χ1v) is 8.98. The number of likely N-dealkylation sites (tertiary alicyclic amines) is 1. The molecule has 0 saturated carbocycles. The minimum Gasteiger partial charge on any atom is -0.493 e. The lowest BCUT2D eigenvalue weighted by atomic mass is 9.96. The highest BCUT2D eigenvalue weighted by Crippen LogP contribution is 2.29. The quantitative estimate of drug-likeness (QED) is 0.854. The van der Waals surface area contributed by atoms with Crippen LogP contribution in [0.2, 0.25) is 0 Å². The molecule has 2 atom stereocenters. The Kier molecular flexibility index (Phi) is 4.75. The number of carbonyl (C=O) groups excluding carboxylic acids is 1. The van der Waals surface area contributed by atoms with Crippen LogP contribution >= 0.6 is 0 Å². The fraction of sp³-hybridized carbons (Fsp3) is 0.400. The van der Waals surface area contributed by atoms with Crippen molar-refractivity contribution in [2.45, 2.75) is 13.0 Å². The number of primary amides is 1. The monoisotopic (exact) mass is 353 g/mol. The third kappa shape index (κ3) is 3.65. The molecular formula is C20H23N3O3. The molecule has 6 heteroatoms. The van der Waals surface area contributed by atoms with Gasteiger partial charge in [0.1, 0.15) is 11.5 Å². The van der Waals surface area contributed by atoms with Gasteiger partial charge >= 0.3 is 0 Å². The van der Waals surface area contributed by atoms with Crippen LogP contribution in [0.15, 0.2) is 42.7 Å². The highest BCUT2D eigenvalue weighted by atomic mass is 16.5. The predicted octanol–water partition coefficient (Wildman–Crippen LogP) is 1.63. The van der Waals surface area contributed by atoms with Crippen molar-refractivity contribution in [2.24, 2.45) is 17.6 Å². The molecule has 26 heavy (non-hydrogen) atoms. The highest BCUT2D eigenvalue weighted by molar-refractivity contribution is 5.77. The van der Waals surface area contributed by atoms with Gasteiger partial charge in [-0.2, -0.15) is 0 Å². The van der Waals surface area contributed by atoms with Gasteiger partial charge in [0, 0.05) is 44.4 Å². The smallest absolute Gasteiger partial charge is 0.222 e. The number of hydrogen-bond acceptors (Lipinski definition) is 5. The molecular weight excluding hydrogens is 330 g/mol. The Labute approximate surface area is 152 Å². The molecule has 0 radical (unpaired) electrons. The molecule has 1 saturated heterocycles. The molecule has 1 aromatic carbocycles. The van der Waals surface area contributed by atoms with Gasteiger partial charge < -0.3 is 15.2 Å². The van der Waals surface area contributed by atoms with Crippen LogP contribution in [0.3, 0.4) is 0 Å². The number of hydrogen-bond donors (Lipinski definition) is 1. The van der Waals surface area contributed by atoms with E-state index in [4.69, 9.17) is 15.2 Å². The lowest BCUT2D eigenvalue weighted by Crippen LogP contribution is -2.32. The summed E-state index contributed by atoms with van der Waals surface area (Å²) in [6, 6.07) is 9.99. The largest absolute Gasteiger partial charge is 0.493 e. The maximum absolute atomic E-state index is 11.9. The normalized spacial score (nSPS) is 22.0. The second-order valence-corrected chi connectivity index (χ2v) is 7.00. The van der Waals surface area contributed by atoms with Gasteiger partial charge in [0.05, 0.1) is 19.1 Å². The van der Waals surface area contributed by atoms with Crippen molar-refractivity contribution in [3.8, 4) is 11.5 Å². The van der Waals surface area contributed by atoms with Crippen molar-refractivity contribution in [1.29, 1.82) is 0 Å². The summed E-state index contributed by atoms with van der Waals surface area (Å²) < 4.78 is 11.4. The molecule has 6 nitrogen and oxygen atoms in total. The lowest BCUT2D eigenvalue weighted by molar-refractivity contribution is -0.122. The summed E-state index contributed by atoms with van der Waals surface area (Å²) in [5.74, 6) is 1.42. The number of nitrogens with zero attached hydrogens (tertiary/aromatic N) is 2. The summed E-state index contributed by atoms with van der Waals surface area (Å²) in [6.45, 7) is 3.52. The SMILES string of the molecule is NC(=O)C1CN(Cc2ccc3c(c2)CCO3)CC1COc1ccncc1. The van der Waals surface area contributed by atoms with Crippen molar-refractivity contribution in [3.05, 3.63) is 53.9 Å². The average Bonchev–Trinajstić information content (AvgIpc) is 3.27. The van der Waals surface area contributed by atoms with Crippen molar-refractivity contribution < 1.29 is 14.3 Å². The van der Waals surface area contributed by atoms with Crippen molar-refractivity contribution in [3.63, 3.8) is 0 Å². The van der Waals surface area contributed by atoms with Gasteiger partial charge in [-0.25, -0.2) is 0 Å². The van der Waals surface area contributed by atoms with Gasteiger partial charge in [-0.1, -0.05) is 12.1 Å². The Hall–Kier alpha value is -2.60. The number of aromatic nitrogens is 1. The first-order chi connectivity index (χ1) is 12.7. The highest BCUT2D eigenvalue weighted by Gasteiger charge is 2.36. The number of ether oxygens (including phenoxy) is 2. The molecule has 1 amide bonds. The van der Waals surface area contributed by atoms with Crippen molar-refractivity contribution >= 4 is 5.91 Å². The van der Waals surface area contributed by atoms with E-state index in [-0.39, 0.29) is 17.7 Å². The van der Waals surface area contributed by atoms with Crippen LogP contribution in [0, 0.1) is 11.8 Å². The van der Waals surface area contributed by atoms with E-state index in [1.54, 1.807) is 12.4 Å². The predicted molar refractivity (Wildman–Crippen MR) is 96.8 cm³/mol. The number of pyridine rings is 1. The Balaban J connectivity index is 1.39. The molecule has 0 bridgehead atoms. The van der Waals surface area contributed by atoms with Crippen LogP contribution in [0.25, 0.3) is 0 Å². The zero-order valence-corrected chi connectivity index (χ0v) is 14.6. The number of nitrogens with two attached hydrogens (primary N) is 1. The minimum atomic E-state index is -0.252. The molecule has 1 fully saturated rings. The van der Waals surface area contributed by atoms with E-state index < -0.39 is 0 Å². The maximum Gasteiger partial charge on any atom is 0.222 e. The average molecular weight is 353 g/mol. The molecule has 4 rings (SSSR count). The molecule has 136 valence electrons. The van der Waals surface area contributed by atoms with Gasteiger partial charge in [0.15, 0.2) is 0 Å². The van der Waals surface area contributed by atoms with Crippen LogP contribution in [-0.4, -0.2) is 42.1 Å². The fourth-order valence-electron chi connectivity index (χ4n) is 3.82. The number of carbonyl (C=O) groups is 1. The minimum absolute atomic E-state index is 0.0958. The van der Waals surface area contributed by atoms with E-state index in [2.05, 4.69) is 22.0 Å². The topological polar surface area (TPSA) is 77.7 Å². The Morgan fingerprint density at radius 3 is 2.92 bits per heavy atom. The third-order valence-corrected chi connectivity index (χ3v) is 5.16. The zero-order chi connectivity index (χ0) is 17.9. The fourth-order valence-corrected chi connectivity index (χ4v) is 3.82. The first-order valence-electron chi connectivity index (χ1n) is 8.98. The van der Waals surface area contributed by atoms with Crippen molar-refractivity contribution in [2.75, 3.05) is 26.3 Å². The summed E-state index contributed by atoms with van der Waals surface area (Å²) >= 11 is 0. The molecule has 0 aliphatic carbocycles. The molecule has 2 unspecified atom stereocenters. The number of rotatable bonds is 6. The first kappa shape index (κ1) is 16.8. The van der Waals surface area contributed by atoms with Crippen LogP contribution in [0.1, 0.15) is 11.1 Å². The number of fused-ring (bicyclic) bond motifs is 1. The van der Waals surface area contributed by atoms with Gasteiger partial charge in [-0.05, 0) is 29.3 Å². The second-order valence-electron chi connectivity index (χ2n) is 7.00. The second kappa shape index (κ2) is 7.33. The maximum atomic E-state index is 11.9.